The van der Waals surface area contributed by atoms with Crippen LogP contribution in [0.15, 0.2) is 0 Å². The van der Waals surface area contributed by atoms with Gasteiger partial charge in [-0.05, 0) is 5.92 Å². The standard InChI is InChI=1S/C18H35NO7S/c1-4-14(2)11-24-7-5-8-26-18(23)19-6-9-25-17(22)15(3)12-27-13-16(21)10-20/h14-16,20-21H,4-13H2,1-3H3,(H,19,23). The van der Waals surface area contributed by atoms with Crippen LogP contribution in [0.2, 0.25) is 0 Å². The Morgan fingerprint density at radius 1 is 1.11 bits per heavy atom. The van der Waals surface area contributed by atoms with Crippen LogP contribution in [0.1, 0.15) is 33.6 Å². The van der Waals surface area contributed by atoms with E-state index in [4.69, 9.17) is 19.3 Å². The monoisotopic (exact) mass is 409 g/mol. The SMILES string of the molecule is CCC(C)COCCCOC(=O)NCCOC(=O)C(C)CSCC(O)CO. The van der Waals surface area contributed by atoms with Crippen LogP contribution in [0, 0.1) is 11.8 Å². The van der Waals surface area contributed by atoms with Crippen LogP contribution in [0.25, 0.3) is 0 Å². The van der Waals surface area contributed by atoms with E-state index >= 15 is 0 Å². The lowest BCUT2D eigenvalue weighted by Crippen LogP contribution is -2.30. The molecule has 0 saturated heterocycles. The van der Waals surface area contributed by atoms with Crippen LogP contribution < -0.4 is 5.32 Å². The third-order valence-electron chi connectivity index (χ3n) is 3.67. The molecule has 0 spiro atoms. The number of aliphatic hydroxyl groups excluding tert-OH is 2. The molecule has 0 bridgehead atoms. The van der Waals surface area contributed by atoms with Crippen LogP contribution in [-0.4, -0.2) is 79.5 Å². The molecule has 0 aliphatic carbocycles. The molecule has 0 rings (SSSR count). The Bertz CT molecular complexity index is 398. The van der Waals surface area contributed by atoms with Crippen molar-refractivity contribution in [3.05, 3.63) is 0 Å². The predicted octanol–water partition coefficient (Wildman–Crippen LogP) is 1.43. The first-order chi connectivity index (χ1) is 12.9. The third-order valence-corrected chi connectivity index (χ3v) is 5.03. The van der Waals surface area contributed by atoms with Gasteiger partial charge in [-0.3, -0.25) is 4.79 Å². The second kappa shape index (κ2) is 17.1. The number of aliphatic hydroxyl groups is 2. The number of ether oxygens (including phenoxy) is 3. The summed E-state index contributed by atoms with van der Waals surface area (Å²) in [6.45, 7) is 7.47. The molecule has 3 atom stereocenters. The van der Waals surface area contributed by atoms with Gasteiger partial charge in [-0.1, -0.05) is 27.2 Å². The molecule has 0 aliphatic rings. The molecule has 0 heterocycles. The van der Waals surface area contributed by atoms with E-state index in [-0.39, 0.29) is 38.3 Å². The first-order valence-corrected chi connectivity index (χ1v) is 10.6. The Kier molecular flexibility index (Phi) is 16.4. The van der Waals surface area contributed by atoms with Crippen molar-refractivity contribution in [2.75, 3.05) is 51.1 Å². The molecule has 3 unspecified atom stereocenters. The summed E-state index contributed by atoms with van der Waals surface area (Å²) in [7, 11) is 0. The summed E-state index contributed by atoms with van der Waals surface area (Å²) < 4.78 is 15.5. The van der Waals surface area contributed by atoms with Crippen LogP contribution in [0.4, 0.5) is 4.79 Å². The first kappa shape index (κ1) is 26.0. The number of thioether (sulfide) groups is 1. The van der Waals surface area contributed by atoms with Gasteiger partial charge in [-0.15, -0.1) is 0 Å². The average Bonchev–Trinajstić information content (AvgIpc) is 2.66. The van der Waals surface area contributed by atoms with E-state index in [1.807, 2.05) is 0 Å². The van der Waals surface area contributed by atoms with Gasteiger partial charge in [-0.2, -0.15) is 11.8 Å². The predicted molar refractivity (Wildman–Crippen MR) is 105 cm³/mol. The summed E-state index contributed by atoms with van der Waals surface area (Å²) in [6, 6.07) is 0. The van der Waals surface area contributed by atoms with Crippen molar-refractivity contribution in [2.45, 2.75) is 39.7 Å². The number of hydrogen-bond acceptors (Lipinski definition) is 8. The minimum Gasteiger partial charge on any atom is -0.464 e. The number of carbonyl (C=O) groups excluding carboxylic acids is 2. The van der Waals surface area contributed by atoms with E-state index in [1.54, 1.807) is 6.92 Å². The molecule has 1 amide bonds. The maximum Gasteiger partial charge on any atom is 0.407 e. The number of esters is 1. The van der Waals surface area contributed by atoms with Gasteiger partial charge in [0.2, 0.25) is 0 Å². The maximum atomic E-state index is 11.8. The topological polar surface area (TPSA) is 114 Å². The summed E-state index contributed by atoms with van der Waals surface area (Å²) in [6.07, 6.45) is 0.391. The van der Waals surface area contributed by atoms with Crippen molar-refractivity contribution in [2.24, 2.45) is 11.8 Å². The number of carbonyl (C=O) groups is 2. The van der Waals surface area contributed by atoms with Gasteiger partial charge in [0, 0.05) is 31.1 Å². The zero-order valence-corrected chi connectivity index (χ0v) is 17.5. The minimum absolute atomic E-state index is 0.0697. The summed E-state index contributed by atoms with van der Waals surface area (Å²) >= 11 is 1.37. The fourth-order valence-electron chi connectivity index (χ4n) is 1.73. The Morgan fingerprint density at radius 3 is 2.52 bits per heavy atom. The molecule has 0 aromatic carbocycles. The normalized spacial score (nSPS) is 14.3. The van der Waals surface area contributed by atoms with Crippen LogP contribution in [0.3, 0.4) is 0 Å². The quantitative estimate of drug-likeness (QED) is 0.259. The summed E-state index contributed by atoms with van der Waals surface area (Å²) in [5, 5.41) is 20.5. The van der Waals surface area contributed by atoms with Gasteiger partial charge < -0.3 is 29.7 Å². The number of amides is 1. The number of hydrogen-bond donors (Lipinski definition) is 3. The van der Waals surface area contributed by atoms with E-state index in [0.29, 0.717) is 37.1 Å². The lowest BCUT2D eigenvalue weighted by Gasteiger charge is -2.13. The zero-order valence-electron chi connectivity index (χ0n) is 16.6. The molecule has 0 radical (unpaired) electrons. The maximum absolute atomic E-state index is 11.8. The Hall–Kier alpha value is -1.03. The zero-order chi connectivity index (χ0) is 20.5. The van der Waals surface area contributed by atoms with Crippen molar-refractivity contribution in [1.82, 2.24) is 5.32 Å². The molecule has 0 aromatic rings. The van der Waals surface area contributed by atoms with Gasteiger partial charge >= 0.3 is 12.1 Å². The average molecular weight is 410 g/mol. The van der Waals surface area contributed by atoms with E-state index in [1.165, 1.54) is 11.8 Å². The molecule has 0 aromatic heterocycles. The summed E-state index contributed by atoms with van der Waals surface area (Å²) in [4.78, 5) is 23.3. The molecule has 27 heavy (non-hydrogen) atoms. The highest BCUT2D eigenvalue weighted by atomic mass is 32.2. The lowest BCUT2D eigenvalue weighted by atomic mass is 10.1. The summed E-state index contributed by atoms with van der Waals surface area (Å²) in [5.74, 6) is 0.692. The fourth-order valence-corrected chi connectivity index (χ4v) is 2.73. The highest BCUT2D eigenvalue weighted by Gasteiger charge is 2.15. The Labute approximate surface area is 166 Å². The van der Waals surface area contributed by atoms with Crippen LogP contribution in [0.5, 0.6) is 0 Å². The van der Waals surface area contributed by atoms with E-state index < -0.39 is 12.2 Å². The number of alkyl carbamates (subject to hydrolysis) is 1. The Morgan fingerprint density at radius 2 is 1.85 bits per heavy atom. The van der Waals surface area contributed by atoms with Crippen molar-refractivity contribution in [3.63, 3.8) is 0 Å². The molecule has 0 fully saturated rings. The lowest BCUT2D eigenvalue weighted by molar-refractivity contribution is -0.146. The van der Waals surface area contributed by atoms with Gasteiger partial charge in [0.05, 0.1) is 31.8 Å². The highest BCUT2D eigenvalue weighted by molar-refractivity contribution is 7.99. The second-order valence-electron chi connectivity index (χ2n) is 6.45. The van der Waals surface area contributed by atoms with Crippen LogP contribution in [-0.2, 0) is 19.0 Å². The smallest absolute Gasteiger partial charge is 0.407 e. The van der Waals surface area contributed by atoms with Crippen molar-refractivity contribution in [1.29, 1.82) is 0 Å². The minimum atomic E-state index is -0.778. The highest BCUT2D eigenvalue weighted by Crippen LogP contribution is 2.11. The molecule has 3 N–H and O–H groups in total. The largest absolute Gasteiger partial charge is 0.464 e. The number of nitrogens with one attached hydrogen (secondary N) is 1. The van der Waals surface area contributed by atoms with Crippen molar-refractivity contribution in [3.8, 4) is 0 Å². The molecule has 0 saturated carbocycles. The molecule has 8 nitrogen and oxygen atoms in total. The second-order valence-corrected chi connectivity index (χ2v) is 7.52. The molecule has 160 valence electrons. The van der Waals surface area contributed by atoms with E-state index in [2.05, 4.69) is 19.2 Å². The van der Waals surface area contributed by atoms with E-state index in [9.17, 15) is 14.7 Å². The van der Waals surface area contributed by atoms with Crippen molar-refractivity contribution < 1.29 is 34.0 Å². The van der Waals surface area contributed by atoms with E-state index in [0.717, 1.165) is 6.42 Å². The van der Waals surface area contributed by atoms with Crippen LogP contribution >= 0.6 is 11.8 Å². The molecular weight excluding hydrogens is 374 g/mol. The van der Waals surface area contributed by atoms with Gasteiger partial charge in [0.25, 0.3) is 0 Å². The molecular formula is C18H35NO7S. The molecule has 9 heteroatoms. The van der Waals surface area contributed by atoms with Gasteiger partial charge in [0.15, 0.2) is 0 Å². The van der Waals surface area contributed by atoms with Gasteiger partial charge in [-0.25, -0.2) is 4.79 Å². The first-order valence-electron chi connectivity index (χ1n) is 9.42. The van der Waals surface area contributed by atoms with Gasteiger partial charge in [0.1, 0.15) is 6.61 Å². The number of rotatable bonds is 16. The summed E-state index contributed by atoms with van der Waals surface area (Å²) in [5.41, 5.74) is 0. The molecule has 0 aliphatic heterocycles. The third kappa shape index (κ3) is 15.7. The Balaban J connectivity index is 3.56. The fraction of sp³-hybridized carbons (Fsp3) is 0.889. The van der Waals surface area contributed by atoms with Crippen molar-refractivity contribution >= 4 is 23.8 Å².